The fourth-order valence-corrected chi connectivity index (χ4v) is 2.69. The Labute approximate surface area is 136 Å². The fraction of sp³-hybridized carbons (Fsp3) is 0.533. The molecule has 1 aliphatic heterocycles. The van der Waals surface area contributed by atoms with E-state index in [4.69, 9.17) is 5.73 Å². The summed E-state index contributed by atoms with van der Waals surface area (Å²) in [5.74, 6) is 1.12. The summed E-state index contributed by atoms with van der Waals surface area (Å²) in [6.45, 7) is 6.95. The molecule has 1 atom stereocenters. The summed E-state index contributed by atoms with van der Waals surface area (Å²) in [6.07, 6.45) is 0.879. The van der Waals surface area contributed by atoms with Gasteiger partial charge in [-0.3, -0.25) is 20.0 Å². The number of aromatic nitrogens is 1. The Hall–Kier alpha value is -2.51. The molecule has 1 fully saturated rings. The van der Waals surface area contributed by atoms with Crippen molar-refractivity contribution in [3.63, 3.8) is 0 Å². The maximum atomic E-state index is 11.3. The highest BCUT2D eigenvalue weighted by Gasteiger charge is 2.25. The van der Waals surface area contributed by atoms with Crippen LogP contribution < -0.4 is 26.4 Å². The summed E-state index contributed by atoms with van der Waals surface area (Å²) in [7, 11) is 0. The van der Waals surface area contributed by atoms with Gasteiger partial charge >= 0.3 is 0 Å². The normalized spacial score (nSPS) is 17.0. The van der Waals surface area contributed by atoms with E-state index >= 15 is 0 Å². The predicted octanol–water partition coefficient (Wildman–Crippen LogP) is 0.256. The van der Waals surface area contributed by atoms with Crippen LogP contribution in [0.2, 0.25) is 0 Å². The van der Waals surface area contributed by atoms with Crippen molar-refractivity contribution in [3.05, 3.63) is 12.1 Å². The first-order valence-corrected chi connectivity index (χ1v) is 7.74. The zero-order chi connectivity index (χ0) is 17.0. The lowest BCUT2D eigenvalue weighted by molar-refractivity contribution is -0.120. The molecule has 8 heteroatoms. The monoisotopic (exact) mass is 320 g/mol. The Bertz CT molecular complexity index is 591. The molecule has 0 radical (unpaired) electrons. The second-order valence-corrected chi connectivity index (χ2v) is 5.63. The summed E-state index contributed by atoms with van der Waals surface area (Å²) >= 11 is 0. The lowest BCUT2D eigenvalue weighted by atomic mass is 10.2. The summed E-state index contributed by atoms with van der Waals surface area (Å²) in [4.78, 5) is 29.2. The molecule has 0 saturated carbocycles. The molecule has 126 valence electrons. The fourth-order valence-electron chi connectivity index (χ4n) is 2.69. The molecular weight excluding hydrogens is 296 g/mol. The number of carbonyl (C=O) groups is 2. The average molecular weight is 320 g/mol. The largest absolute Gasteiger partial charge is 0.396 e. The highest BCUT2D eigenvalue weighted by molar-refractivity contribution is 5.77. The van der Waals surface area contributed by atoms with Crippen molar-refractivity contribution in [1.82, 2.24) is 15.7 Å². The van der Waals surface area contributed by atoms with Crippen LogP contribution >= 0.6 is 0 Å². The van der Waals surface area contributed by atoms with E-state index in [1.807, 2.05) is 13.0 Å². The molecule has 1 aliphatic rings. The topological polar surface area (TPSA) is 104 Å². The third-order valence-electron chi connectivity index (χ3n) is 3.67. The SMILES string of the molecule is CCN(NC(C)=O)c1nc(N2CCC(NC(C)=O)C2)ccc1N. The minimum atomic E-state index is -0.176. The van der Waals surface area contributed by atoms with Crippen LogP contribution in [0.5, 0.6) is 0 Å². The third-order valence-corrected chi connectivity index (χ3v) is 3.67. The van der Waals surface area contributed by atoms with Crippen molar-refractivity contribution < 1.29 is 9.59 Å². The molecule has 1 saturated heterocycles. The molecule has 1 unspecified atom stereocenters. The van der Waals surface area contributed by atoms with Gasteiger partial charge < -0.3 is 16.0 Å². The number of rotatable bonds is 5. The number of amides is 2. The molecule has 4 N–H and O–H groups in total. The number of nitrogens with two attached hydrogens (primary N) is 1. The van der Waals surface area contributed by atoms with E-state index in [1.165, 1.54) is 13.8 Å². The lowest BCUT2D eigenvalue weighted by Crippen LogP contribution is -2.42. The number of hydrogen-bond donors (Lipinski definition) is 3. The smallest absolute Gasteiger partial charge is 0.235 e. The lowest BCUT2D eigenvalue weighted by Gasteiger charge is -2.25. The zero-order valence-corrected chi connectivity index (χ0v) is 13.8. The minimum absolute atomic E-state index is 0.0226. The Morgan fingerprint density at radius 3 is 2.74 bits per heavy atom. The van der Waals surface area contributed by atoms with Gasteiger partial charge in [-0.25, -0.2) is 4.98 Å². The van der Waals surface area contributed by atoms with Gasteiger partial charge in [0.15, 0.2) is 5.82 Å². The van der Waals surface area contributed by atoms with Crippen LogP contribution in [0.4, 0.5) is 17.3 Å². The molecule has 2 amide bonds. The van der Waals surface area contributed by atoms with Crippen LogP contribution in [0.15, 0.2) is 12.1 Å². The van der Waals surface area contributed by atoms with Crippen LogP contribution in [0.25, 0.3) is 0 Å². The van der Waals surface area contributed by atoms with Gasteiger partial charge in [0.25, 0.3) is 0 Å². The van der Waals surface area contributed by atoms with Crippen molar-refractivity contribution >= 4 is 29.1 Å². The van der Waals surface area contributed by atoms with E-state index in [2.05, 4.69) is 20.6 Å². The Morgan fingerprint density at radius 1 is 1.39 bits per heavy atom. The highest BCUT2D eigenvalue weighted by Crippen LogP contribution is 2.26. The number of nitrogen functional groups attached to an aromatic ring is 1. The van der Waals surface area contributed by atoms with Crippen molar-refractivity contribution in [3.8, 4) is 0 Å². The minimum Gasteiger partial charge on any atom is -0.396 e. The van der Waals surface area contributed by atoms with Gasteiger partial charge in [-0.2, -0.15) is 0 Å². The second kappa shape index (κ2) is 7.17. The number of nitrogens with zero attached hydrogens (tertiary/aromatic N) is 3. The van der Waals surface area contributed by atoms with Gasteiger partial charge in [-0.05, 0) is 25.5 Å². The van der Waals surface area contributed by atoms with Gasteiger partial charge in [0, 0.05) is 39.5 Å². The number of pyridine rings is 1. The first kappa shape index (κ1) is 16.9. The molecule has 1 aromatic rings. The van der Waals surface area contributed by atoms with E-state index < -0.39 is 0 Å². The maximum absolute atomic E-state index is 11.3. The predicted molar refractivity (Wildman–Crippen MR) is 89.9 cm³/mol. The number of nitrogens with one attached hydrogen (secondary N) is 2. The van der Waals surface area contributed by atoms with E-state index in [9.17, 15) is 9.59 Å². The van der Waals surface area contributed by atoms with Crippen LogP contribution in [0.1, 0.15) is 27.2 Å². The zero-order valence-electron chi connectivity index (χ0n) is 13.8. The quantitative estimate of drug-likeness (QED) is 0.672. The van der Waals surface area contributed by atoms with E-state index in [1.54, 1.807) is 11.1 Å². The molecule has 2 heterocycles. The van der Waals surface area contributed by atoms with Crippen LogP contribution in [-0.2, 0) is 9.59 Å². The van der Waals surface area contributed by atoms with Crippen molar-refractivity contribution in [2.75, 3.05) is 35.3 Å². The molecule has 1 aromatic heterocycles. The molecule has 0 bridgehead atoms. The van der Waals surface area contributed by atoms with Gasteiger partial charge in [0.1, 0.15) is 5.82 Å². The molecule has 0 aliphatic carbocycles. The summed E-state index contributed by atoms with van der Waals surface area (Å²) in [5.41, 5.74) is 9.22. The highest BCUT2D eigenvalue weighted by atomic mass is 16.2. The third kappa shape index (κ3) is 4.24. The van der Waals surface area contributed by atoms with Gasteiger partial charge in [-0.1, -0.05) is 0 Å². The van der Waals surface area contributed by atoms with Crippen molar-refractivity contribution in [2.45, 2.75) is 33.2 Å². The number of carbonyl (C=O) groups excluding carboxylic acids is 2. The van der Waals surface area contributed by atoms with E-state index in [-0.39, 0.29) is 17.9 Å². The molecule has 2 rings (SSSR count). The first-order chi connectivity index (χ1) is 10.9. The summed E-state index contributed by atoms with van der Waals surface area (Å²) < 4.78 is 0. The van der Waals surface area contributed by atoms with Crippen LogP contribution in [0.3, 0.4) is 0 Å². The maximum Gasteiger partial charge on any atom is 0.235 e. The molecule has 0 spiro atoms. The Balaban J connectivity index is 2.17. The van der Waals surface area contributed by atoms with Crippen LogP contribution in [-0.4, -0.2) is 42.5 Å². The first-order valence-electron chi connectivity index (χ1n) is 7.74. The Morgan fingerprint density at radius 2 is 2.13 bits per heavy atom. The molecule has 0 aromatic carbocycles. The van der Waals surface area contributed by atoms with Gasteiger partial charge in [0.05, 0.1) is 5.69 Å². The number of hydrazine groups is 1. The Kier molecular flexibility index (Phi) is 5.25. The van der Waals surface area contributed by atoms with Gasteiger partial charge in [-0.15, -0.1) is 0 Å². The van der Waals surface area contributed by atoms with Crippen molar-refractivity contribution in [2.24, 2.45) is 0 Å². The molecule has 8 nitrogen and oxygen atoms in total. The number of anilines is 3. The second-order valence-electron chi connectivity index (χ2n) is 5.63. The van der Waals surface area contributed by atoms with Crippen LogP contribution in [0, 0.1) is 0 Å². The average Bonchev–Trinajstić information content (AvgIpc) is 2.93. The standard InChI is InChI=1S/C15H24N6O2/c1-4-21(19-11(3)23)15-13(16)5-6-14(18-15)20-8-7-12(9-20)17-10(2)22/h5-6,12H,4,7-9,16H2,1-3H3,(H,17,22)(H,19,23). The van der Waals surface area contributed by atoms with Crippen molar-refractivity contribution in [1.29, 1.82) is 0 Å². The summed E-state index contributed by atoms with van der Waals surface area (Å²) in [5, 5.41) is 4.55. The molecule has 23 heavy (non-hydrogen) atoms. The van der Waals surface area contributed by atoms with E-state index in [0.717, 1.165) is 18.8 Å². The summed E-state index contributed by atoms with van der Waals surface area (Å²) in [6, 6.07) is 3.78. The van der Waals surface area contributed by atoms with Gasteiger partial charge in [0.2, 0.25) is 11.8 Å². The molecular formula is C15H24N6O2. The number of hydrogen-bond acceptors (Lipinski definition) is 6. The van der Waals surface area contributed by atoms with E-state index in [0.29, 0.717) is 24.6 Å².